The van der Waals surface area contributed by atoms with Crippen LogP contribution < -0.4 is 5.73 Å². The number of nitrogens with two attached hydrogens (primary N) is 1. The van der Waals surface area contributed by atoms with Crippen molar-refractivity contribution in [3.05, 3.63) is 18.1 Å². The number of ether oxygens (including phenoxy) is 1. The van der Waals surface area contributed by atoms with Gasteiger partial charge in [-0.2, -0.15) is 0 Å². The zero-order valence-electron chi connectivity index (χ0n) is 10.7. The first-order valence-electron chi connectivity index (χ1n) is 6.07. The van der Waals surface area contributed by atoms with Crippen LogP contribution in [-0.2, 0) is 9.53 Å². The van der Waals surface area contributed by atoms with Crippen LogP contribution >= 0.6 is 0 Å². The number of nitrogens with zero attached hydrogens (tertiary/aromatic N) is 3. The molecule has 2 N–H and O–H groups in total. The van der Waals surface area contributed by atoms with Crippen molar-refractivity contribution in [3.63, 3.8) is 0 Å². The molecule has 1 aliphatic heterocycles. The van der Waals surface area contributed by atoms with Crippen LogP contribution in [0.1, 0.15) is 23.3 Å². The van der Waals surface area contributed by atoms with E-state index in [4.69, 9.17) is 10.5 Å². The lowest BCUT2D eigenvalue weighted by molar-refractivity contribution is -0.146. The first-order valence-corrected chi connectivity index (χ1v) is 6.07. The highest BCUT2D eigenvalue weighted by Gasteiger charge is 2.29. The minimum Gasteiger partial charge on any atom is -0.469 e. The topological polar surface area (TPSA) is 98.4 Å². The Morgan fingerprint density at radius 1 is 1.32 bits per heavy atom. The molecule has 1 fully saturated rings. The molecule has 0 saturated carbocycles. The van der Waals surface area contributed by atoms with Crippen molar-refractivity contribution in [3.8, 4) is 0 Å². The van der Waals surface area contributed by atoms with Crippen LogP contribution in [0.5, 0.6) is 0 Å². The summed E-state index contributed by atoms with van der Waals surface area (Å²) in [7, 11) is 1.38. The number of carbonyl (C=O) groups excluding carboxylic acids is 2. The van der Waals surface area contributed by atoms with Gasteiger partial charge in [-0.15, -0.1) is 0 Å². The van der Waals surface area contributed by atoms with Crippen molar-refractivity contribution in [2.24, 2.45) is 5.92 Å². The van der Waals surface area contributed by atoms with Gasteiger partial charge in [-0.3, -0.25) is 9.59 Å². The highest BCUT2D eigenvalue weighted by molar-refractivity contribution is 5.96. The third-order valence-corrected chi connectivity index (χ3v) is 3.25. The second kappa shape index (κ2) is 5.64. The molecule has 2 heterocycles. The van der Waals surface area contributed by atoms with E-state index in [0.717, 1.165) is 0 Å². The number of piperidine rings is 1. The molecular formula is C12H16N4O3. The van der Waals surface area contributed by atoms with Gasteiger partial charge in [0.15, 0.2) is 11.5 Å². The number of likely N-dealkylation sites (tertiary alicyclic amines) is 1. The summed E-state index contributed by atoms with van der Waals surface area (Å²) in [6.45, 7) is 0.989. The molecular weight excluding hydrogens is 248 g/mol. The third kappa shape index (κ3) is 2.81. The summed E-state index contributed by atoms with van der Waals surface area (Å²) in [6, 6.07) is 0. The highest BCUT2D eigenvalue weighted by atomic mass is 16.5. The minimum atomic E-state index is -0.242. The molecule has 1 aliphatic rings. The Morgan fingerprint density at radius 2 is 1.95 bits per heavy atom. The van der Waals surface area contributed by atoms with Crippen molar-refractivity contribution in [1.82, 2.24) is 14.9 Å². The average Bonchev–Trinajstić information content (AvgIpc) is 2.46. The summed E-state index contributed by atoms with van der Waals surface area (Å²) in [5, 5.41) is 0. The maximum absolute atomic E-state index is 12.2. The fourth-order valence-electron chi connectivity index (χ4n) is 2.15. The minimum absolute atomic E-state index is 0.127. The lowest BCUT2D eigenvalue weighted by Gasteiger charge is -2.30. The molecule has 7 heteroatoms. The van der Waals surface area contributed by atoms with E-state index in [1.54, 1.807) is 4.90 Å². The molecule has 1 saturated heterocycles. The smallest absolute Gasteiger partial charge is 0.308 e. The second-order valence-electron chi connectivity index (χ2n) is 4.38. The summed E-state index contributed by atoms with van der Waals surface area (Å²) in [4.78, 5) is 33.0. The monoisotopic (exact) mass is 264 g/mol. The van der Waals surface area contributed by atoms with Gasteiger partial charge in [-0.1, -0.05) is 0 Å². The van der Waals surface area contributed by atoms with E-state index < -0.39 is 0 Å². The Labute approximate surface area is 110 Å². The van der Waals surface area contributed by atoms with Gasteiger partial charge in [0.2, 0.25) is 0 Å². The SMILES string of the molecule is COC(=O)C1CCN(C(=O)c2nccnc2N)CC1. The number of methoxy groups -OCH3 is 1. The normalized spacial score (nSPS) is 16.2. The van der Waals surface area contributed by atoms with E-state index in [1.165, 1.54) is 19.5 Å². The first-order chi connectivity index (χ1) is 9.13. The fraction of sp³-hybridized carbons (Fsp3) is 0.500. The lowest BCUT2D eigenvalue weighted by atomic mass is 9.97. The van der Waals surface area contributed by atoms with E-state index >= 15 is 0 Å². The maximum Gasteiger partial charge on any atom is 0.308 e. The van der Waals surface area contributed by atoms with Crippen LogP contribution in [0.3, 0.4) is 0 Å². The van der Waals surface area contributed by atoms with Gasteiger partial charge in [-0.25, -0.2) is 9.97 Å². The Hall–Kier alpha value is -2.18. The molecule has 0 atom stereocenters. The number of amides is 1. The van der Waals surface area contributed by atoms with Gasteiger partial charge in [0.05, 0.1) is 13.0 Å². The third-order valence-electron chi connectivity index (χ3n) is 3.25. The van der Waals surface area contributed by atoms with Crippen LogP contribution in [0.4, 0.5) is 5.82 Å². The molecule has 19 heavy (non-hydrogen) atoms. The Morgan fingerprint density at radius 3 is 2.53 bits per heavy atom. The quantitative estimate of drug-likeness (QED) is 0.760. The van der Waals surface area contributed by atoms with Gasteiger partial charge in [-0.05, 0) is 12.8 Å². The molecule has 1 aromatic heterocycles. The number of esters is 1. The molecule has 0 aromatic carbocycles. The number of rotatable bonds is 2. The van der Waals surface area contributed by atoms with Gasteiger partial charge >= 0.3 is 5.97 Å². The fourth-order valence-corrected chi connectivity index (χ4v) is 2.15. The summed E-state index contributed by atoms with van der Waals surface area (Å²) in [6.07, 6.45) is 4.07. The number of aromatic nitrogens is 2. The van der Waals surface area contributed by atoms with Crippen molar-refractivity contribution in [1.29, 1.82) is 0 Å². The Balaban J connectivity index is 2.00. The largest absolute Gasteiger partial charge is 0.469 e. The van der Waals surface area contributed by atoms with Gasteiger partial charge in [0, 0.05) is 25.5 Å². The molecule has 1 aromatic rings. The number of nitrogen functional groups attached to an aromatic ring is 1. The zero-order chi connectivity index (χ0) is 13.8. The zero-order valence-corrected chi connectivity index (χ0v) is 10.7. The maximum atomic E-state index is 12.2. The van der Waals surface area contributed by atoms with Crippen molar-refractivity contribution in [2.75, 3.05) is 25.9 Å². The predicted molar refractivity (Wildman–Crippen MR) is 67.1 cm³/mol. The van der Waals surface area contributed by atoms with Crippen molar-refractivity contribution >= 4 is 17.7 Å². The van der Waals surface area contributed by atoms with E-state index in [2.05, 4.69) is 9.97 Å². The predicted octanol–water partition coefficient (Wildman–Crippen LogP) is 0.0840. The number of carbonyl (C=O) groups is 2. The first kappa shape index (κ1) is 13.3. The molecule has 0 spiro atoms. The van der Waals surface area contributed by atoms with Crippen LogP contribution in [0.15, 0.2) is 12.4 Å². The molecule has 0 radical (unpaired) electrons. The molecule has 2 rings (SSSR count). The summed E-state index contributed by atoms with van der Waals surface area (Å²) in [5.74, 6) is -0.462. The van der Waals surface area contributed by atoms with Crippen LogP contribution in [0.25, 0.3) is 0 Å². The summed E-state index contributed by atoms with van der Waals surface area (Å²) in [5.41, 5.74) is 5.80. The molecule has 0 bridgehead atoms. The Kier molecular flexibility index (Phi) is 3.94. The van der Waals surface area contributed by atoms with Crippen molar-refractivity contribution < 1.29 is 14.3 Å². The Bertz CT molecular complexity index is 484. The van der Waals surface area contributed by atoms with Gasteiger partial charge in [0.25, 0.3) is 5.91 Å². The number of hydrogen-bond donors (Lipinski definition) is 1. The van der Waals surface area contributed by atoms with E-state index in [1.807, 2.05) is 0 Å². The molecule has 0 unspecified atom stereocenters. The van der Waals surface area contributed by atoms with Gasteiger partial charge in [0.1, 0.15) is 0 Å². The summed E-state index contributed by atoms with van der Waals surface area (Å²) < 4.78 is 4.70. The number of hydrogen-bond acceptors (Lipinski definition) is 6. The number of anilines is 1. The highest BCUT2D eigenvalue weighted by Crippen LogP contribution is 2.20. The van der Waals surface area contributed by atoms with Gasteiger partial charge < -0.3 is 15.4 Å². The molecule has 1 amide bonds. The molecule has 7 nitrogen and oxygen atoms in total. The second-order valence-corrected chi connectivity index (χ2v) is 4.38. The molecule has 102 valence electrons. The van der Waals surface area contributed by atoms with Crippen LogP contribution in [-0.4, -0.2) is 46.9 Å². The molecule has 0 aliphatic carbocycles. The van der Waals surface area contributed by atoms with Crippen LogP contribution in [0.2, 0.25) is 0 Å². The standard InChI is InChI=1S/C12H16N4O3/c1-19-12(18)8-2-6-16(7-3-8)11(17)9-10(13)15-5-4-14-9/h4-5,8H,2-3,6-7H2,1H3,(H2,13,15). The van der Waals surface area contributed by atoms with E-state index in [0.29, 0.717) is 25.9 Å². The van der Waals surface area contributed by atoms with E-state index in [-0.39, 0.29) is 29.3 Å². The van der Waals surface area contributed by atoms with Crippen molar-refractivity contribution in [2.45, 2.75) is 12.8 Å². The van der Waals surface area contributed by atoms with Crippen LogP contribution in [0, 0.1) is 5.92 Å². The van der Waals surface area contributed by atoms with E-state index in [9.17, 15) is 9.59 Å². The lowest BCUT2D eigenvalue weighted by Crippen LogP contribution is -2.41. The average molecular weight is 264 g/mol. The summed E-state index contributed by atoms with van der Waals surface area (Å²) >= 11 is 0.